The van der Waals surface area contributed by atoms with Crippen LogP contribution in [0.1, 0.15) is 44.0 Å². The Kier molecular flexibility index (Phi) is 5.80. The molecule has 3 nitrogen and oxygen atoms in total. The first-order chi connectivity index (χ1) is 9.72. The first-order valence-electron chi connectivity index (χ1n) is 7.22. The highest BCUT2D eigenvalue weighted by Crippen LogP contribution is 2.17. The Morgan fingerprint density at radius 1 is 1.30 bits per heavy atom. The Labute approximate surface area is 129 Å². The van der Waals surface area contributed by atoms with E-state index in [4.69, 9.17) is 0 Å². The van der Waals surface area contributed by atoms with Gasteiger partial charge in [-0.1, -0.05) is 13.8 Å². The van der Waals surface area contributed by atoms with Crippen LogP contribution in [0.4, 0.5) is 0 Å². The maximum Gasteiger partial charge on any atom is 0.0642 e. The fourth-order valence-electron chi connectivity index (χ4n) is 2.27. The van der Waals surface area contributed by atoms with Crippen LogP contribution in [0.5, 0.6) is 0 Å². The molecule has 4 heteroatoms. The molecule has 1 atom stereocenters. The van der Waals surface area contributed by atoms with E-state index in [1.165, 1.54) is 12.0 Å². The minimum absolute atomic E-state index is 0.453. The van der Waals surface area contributed by atoms with Crippen LogP contribution in [0.15, 0.2) is 41.3 Å². The number of rotatable bonds is 7. The van der Waals surface area contributed by atoms with Crippen molar-refractivity contribution in [1.82, 2.24) is 14.9 Å². The van der Waals surface area contributed by atoms with Crippen molar-refractivity contribution in [1.29, 1.82) is 0 Å². The van der Waals surface area contributed by atoms with Gasteiger partial charge in [-0.05, 0) is 59.1 Å². The molecule has 1 N–H and O–H groups in total. The fraction of sp³-hybridized carbons (Fsp3) is 0.438. The van der Waals surface area contributed by atoms with Crippen molar-refractivity contribution in [2.75, 3.05) is 6.54 Å². The number of aromatic nitrogens is 2. The molecule has 0 saturated heterocycles. The lowest BCUT2D eigenvalue weighted by atomic mass is 10.1. The van der Waals surface area contributed by atoms with Crippen LogP contribution in [0.3, 0.4) is 0 Å². The summed E-state index contributed by atoms with van der Waals surface area (Å²) < 4.78 is 3.21. The molecule has 1 unspecified atom stereocenters. The zero-order valence-corrected chi connectivity index (χ0v) is 13.7. The van der Waals surface area contributed by atoms with E-state index in [0.717, 1.165) is 29.7 Å². The van der Waals surface area contributed by atoms with E-state index in [0.29, 0.717) is 6.04 Å². The molecular formula is C16H22BrN3. The first kappa shape index (κ1) is 15.3. The minimum atomic E-state index is 0.453. The number of hydrogen-bond donors (Lipinski definition) is 1. The Morgan fingerprint density at radius 3 is 2.80 bits per heavy atom. The molecule has 0 saturated carbocycles. The molecule has 2 aromatic rings. The molecule has 0 aliphatic heterocycles. The van der Waals surface area contributed by atoms with E-state index in [-0.39, 0.29) is 0 Å². The van der Waals surface area contributed by atoms with Gasteiger partial charge in [-0.3, -0.25) is 4.98 Å². The smallest absolute Gasteiger partial charge is 0.0642 e. The molecule has 0 bridgehead atoms. The molecule has 0 fully saturated rings. The zero-order valence-electron chi connectivity index (χ0n) is 12.1. The Bertz CT molecular complexity index is 519. The van der Waals surface area contributed by atoms with Gasteiger partial charge < -0.3 is 9.88 Å². The minimum Gasteiger partial charge on any atom is -0.348 e. The van der Waals surface area contributed by atoms with Gasteiger partial charge in [0, 0.05) is 29.1 Å². The standard InChI is InChI=1S/C16H22BrN3/c1-3-8-18-16(4-2)13-7-9-20(11-13)12-15-6-5-14(17)10-19-15/h5-7,9-11,16,18H,3-4,8,12H2,1-2H3. The van der Waals surface area contributed by atoms with Crippen LogP contribution in [0.25, 0.3) is 0 Å². The molecular weight excluding hydrogens is 314 g/mol. The number of halogens is 1. The molecule has 108 valence electrons. The lowest BCUT2D eigenvalue weighted by Gasteiger charge is -2.15. The molecule has 2 heterocycles. The van der Waals surface area contributed by atoms with Crippen LogP contribution >= 0.6 is 15.9 Å². The molecule has 0 aliphatic rings. The molecule has 2 rings (SSSR count). The van der Waals surface area contributed by atoms with Crippen molar-refractivity contribution in [2.45, 2.75) is 39.3 Å². The SMILES string of the molecule is CCCNC(CC)c1ccn(Cc2ccc(Br)cn2)c1. The van der Waals surface area contributed by atoms with Crippen LogP contribution in [-0.2, 0) is 6.54 Å². The largest absolute Gasteiger partial charge is 0.348 e. The van der Waals surface area contributed by atoms with Gasteiger partial charge in [0.05, 0.1) is 12.2 Å². The van der Waals surface area contributed by atoms with Crippen molar-refractivity contribution in [3.63, 3.8) is 0 Å². The Balaban J connectivity index is 2.02. The average Bonchev–Trinajstić information content (AvgIpc) is 2.91. The van der Waals surface area contributed by atoms with Crippen molar-refractivity contribution < 1.29 is 0 Å². The van der Waals surface area contributed by atoms with E-state index < -0.39 is 0 Å². The number of pyridine rings is 1. The molecule has 0 spiro atoms. The van der Waals surface area contributed by atoms with E-state index in [2.05, 4.69) is 69.2 Å². The van der Waals surface area contributed by atoms with Crippen LogP contribution in [0, 0.1) is 0 Å². The Morgan fingerprint density at radius 2 is 2.15 bits per heavy atom. The van der Waals surface area contributed by atoms with Crippen LogP contribution in [-0.4, -0.2) is 16.1 Å². The molecule has 0 amide bonds. The summed E-state index contributed by atoms with van der Waals surface area (Å²) in [6, 6.07) is 6.74. The molecule has 2 aromatic heterocycles. The average molecular weight is 336 g/mol. The summed E-state index contributed by atoms with van der Waals surface area (Å²) in [6.07, 6.45) is 8.48. The van der Waals surface area contributed by atoms with Gasteiger partial charge in [-0.2, -0.15) is 0 Å². The second-order valence-electron chi connectivity index (χ2n) is 5.00. The van der Waals surface area contributed by atoms with Gasteiger partial charge in [-0.15, -0.1) is 0 Å². The number of nitrogens with zero attached hydrogens (tertiary/aromatic N) is 2. The lowest BCUT2D eigenvalue weighted by molar-refractivity contribution is 0.517. The number of nitrogens with one attached hydrogen (secondary N) is 1. The van der Waals surface area contributed by atoms with Crippen LogP contribution < -0.4 is 5.32 Å². The number of hydrogen-bond acceptors (Lipinski definition) is 2. The van der Waals surface area contributed by atoms with Gasteiger partial charge in [0.2, 0.25) is 0 Å². The van der Waals surface area contributed by atoms with E-state index in [1.54, 1.807) is 0 Å². The second-order valence-corrected chi connectivity index (χ2v) is 5.92. The highest BCUT2D eigenvalue weighted by Gasteiger charge is 2.09. The van der Waals surface area contributed by atoms with Crippen LogP contribution in [0.2, 0.25) is 0 Å². The summed E-state index contributed by atoms with van der Waals surface area (Å²) in [5.74, 6) is 0. The molecule has 0 aromatic carbocycles. The van der Waals surface area contributed by atoms with Crippen molar-refractivity contribution in [3.8, 4) is 0 Å². The topological polar surface area (TPSA) is 29.9 Å². The van der Waals surface area contributed by atoms with Crippen molar-refractivity contribution in [2.24, 2.45) is 0 Å². The van der Waals surface area contributed by atoms with Crippen molar-refractivity contribution in [3.05, 3.63) is 52.5 Å². The summed E-state index contributed by atoms with van der Waals surface area (Å²) >= 11 is 3.41. The van der Waals surface area contributed by atoms with Crippen molar-refractivity contribution >= 4 is 15.9 Å². The van der Waals surface area contributed by atoms with E-state index in [1.807, 2.05) is 12.3 Å². The highest BCUT2D eigenvalue weighted by molar-refractivity contribution is 9.10. The van der Waals surface area contributed by atoms with Gasteiger partial charge >= 0.3 is 0 Å². The second kappa shape index (κ2) is 7.60. The highest BCUT2D eigenvalue weighted by atomic mass is 79.9. The third-order valence-electron chi connectivity index (χ3n) is 3.36. The first-order valence-corrected chi connectivity index (χ1v) is 8.01. The quantitative estimate of drug-likeness (QED) is 0.823. The molecule has 0 radical (unpaired) electrons. The zero-order chi connectivity index (χ0) is 14.4. The monoisotopic (exact) mass is 335 g/mol. The molecule has 20 heavy (non-hydrogen) atoms. The summed E-state index contributed by atoms with van der Waals surface area (Å²) in [4.78, 5) is 4.41. The predicted molar refractivity (Wildman–Crippen MR) is 86.8 cm³/mol. The Hall–Kier alpha value is -1.13. The van der Waals surface area contributed by atoms with Gasteiger partial charge in [0.15, 0.2) is 0 Å². The normalized spacial score (nSPS) is 12.6. The maximum atomic E-state index is 4.41. The third kappa shape index (κ3) is 4.18. The van der Waals surface area contributed by atoms with Gasteiger partial charge in [0.1, 0.15) is 0 Å². The summed E-state index contributed by atoms with van der Waals surface area (Å²) in [5, 5.41) is 3.58. The maximum absolute atomic E-state index is 4.41. The van der Waals surface area contributed by atoms with Gasteiger partial charge in [0.25, 0.3) is 0 Å². The predicted octanol–water partition coefficient (Wildman–Crippen LogP) is 4.14. The van der Waals surface area contributed by atoms with Gasteiger partial charge in [-0.25, -0.2) is 0 Å². The van der Waals surface area contributed by atoms with E-state index >= 15 is 0 Å². The fourth-order valence-corrected chi connectivity index (χ4v) is 2.50. The summed E-state index contributed by atoms with van der Waals surface area (Å²) in [6.45, 7) is 6.31. The lowest BCUT2D eigenvalue weighted by Crippen LogP contribution is -2.21. The molecule has 0 aliphatic carbocycles. The van der Waals surface area contributed by atoms with E-state index in [9.17, 15) is 0 Å². The summed E-state index contributed by atoms with van der Waals surface area (Å²) in [5.41, 5.74) is 2.43. The summed E-state index contributed by atoms with van der Waals surface area (Å²) in [7, 11) is 0. The third-order valence-corrected chi connectivity index (χ3v) is 3.83.